The van der Waals surface area contributed by atoms with Crippen molar-refractivity contribution in [3.8, 4) is 11.5 Å². The molecule has 0 saturated carbocycles. The van der Waals surface area contributed by atoms with E-state index in [9.17, 15) is 5.11 Å². The van der Waals surface area contributed by atoms with Crippen LogP contribution in [0.1, 0.15) is 19.4 Å². The molecular formula is C11H14O3S. The minimum absolute atomic E-state index is 0.262. The summed E-state index contributed by atoms with van der Waals surface area (Å²) in [4.78, 5) is 0.956. The van der Waals surface area contributed by atoms with E-state index >= 15 is 0 Å². The Balaban J connectivity index is 2.58. The predicted molar refractivity (Wildman–Crippen MR) is 59.6 cm³/mol. The number of fused-ring (bicyclic) bond motifs is 1. The largest absolute Gasteiger partial charge is 0.454 e. The molecule has 1 heterocycles. The molecule has 2 rings (SSSR count). The van der Waals surface area contributed by atoms with Crippen molar-refractivity contribution in [2.45, 2.75) is 24.3 Å². The second-order valence-corrected chi connectivity index (χ2v) is 4.76. The van der Waals surface area contributed by atoms with Crippen LogP contribution in [-0.4, -0.2) is 18.2 Å². The molecule has 0 radical (unpaired) electrons. The Morgan fingerprint density at radius 3 is 2.67 bits per heavy atom. The van der Waals surface area contributed by atoms with Gasteiger partial charge in [0.15, 0.2) is 11.5 Å². The van der Waals surface area contributed by atoms with Gasteiger partial charge in [-0.05, 0) is 26.2 Å². The predicted octanol–water partition coefficient (Wildman–Crippen LogP) is 2.36. The number of benzene rings is 1. The van der Waals surface area contributed by atoms with Gasteiger partial charge in [0, 0.05) is 5.56 Å². The van der Waals surface area contributed by atoms with Crippen molar-refractivity contribution in [1.29, 1.82) is 0 Å². The van der Waals surface area contributed by atoms with Crippen molar-refractivity contribution in [1.82, 2.24) is 0 Å². The number of aliphatic hydroxyl groups is 1. The van der Waals surface area contributed by atoms with Crippen LogP contribution >= 0.6 is 11.8 Å². The first-order chi connectivity index (χ1) is 7.04. The van der Waals surface area contributed by atoms with E-state index in [0.29, 0.717) is 0 Å². The first-order valence-corrected chi connectivity index (χ1v) is 5.96. The lowest BCUT2D eigenvalue weighted by Crippen LogP contribution is -2.16. The van der Waals surface area contributed by atoms with Crippen LogP contribution in [0.4, 0.5) is 0 Å². The summed E-state index contributed by atoms with van der Waals surface area (Å²) < 4.78 is 10.7. The van der Waals surface area contributed by atoms with Gasteiger partial charge in [0.1, 0.15) is 0 Å². The fraction of sp³-hybridized carbons (Fsp3) is 0.455. The SMILES string of the molecule is CSc1c(C(C)(C)O)ccc2c1OCO2. The Labute approximate surface area is 93.4 Å². The van der Waals surface area contributed by atoms with Crippen LogP contribution in [0.25, 0.3) is 0 Å². The minimum Gasteiger partial charge on any atom is -0.454 e. The summed E-state index contributed by atoms with van der Waals surface area (Å²) in [5, 5.41) is 10.0. The van der Waals surface area contributed by atoms with Crippen LogP contribution < -0.4 is 9.47 Å². The van der Waals surface area contributed by atoms with Gasteiger partial charge in [0.25, 0.3) is 0 Å². The summed E-state index contributed by atoms with van der Waals surface area (Å²) in [5.74, 6) is 1.51. The molecule has 0 saturated heterocycles. The van der Waals surface area contributed by atoms with E-state index in [1.54, 1.807) is 25.6 Å². The van der Waals surface area contributed by atoms with Crippen molar-refractivity contribution in [3.63, 3.8) is 0 Å². The summed E-state index contributed by atoms with van der Waals surface area (Å²) in [6, 6.07) is 3.73. The molecule has 0 atom stereocenters. The molecule has 3 nitrogen and oxygen atoms in total. The minimum atomic E-state index is -0.862. The van der Waals surface area contributed by atoms with Gasteiger partial charge in [-0.2, -0.15) is 0 Å². The average Bonchev–Trinajstić information content (AvgIpc) is 2.61. The molecule has 0 spiro atoms. The summed E-state index contributed by atoms with van der Waals surface area (Å²) >= 11 is 1.56. The molecule has 1 aliphatic heterocycles. The Morgan fingerprint density at radius 1 is 1.33 bits per heavy atom. The van der Waals surface area contributed by atoms with E-state index in [1.165, 1.54) is 0 Å². The molecular weight excluding hydrogens is 212 g/mol. The molecule has 1 aliphatic rings. The fourth-order valence-electron chi connectivity index (χ4n) is 1.63. The van der Waals surface area contributed by atoms with E-state index in [-0.39, 0.29) is 6.79 Å². The highest BCUT2D eigenvalue weighted by Gasteiger charge is 2.27. The quantitative estimate of drug-likeness (QED) is 0.786. The third-order valence-electron chi connectivity index (χ3n) is 2.36. The molecule has 15 heavy (non-hydrogen) atoms. The Hall–Kier alpha value is -0.870. The lowest BCUT2D eigenvalue weighted by atomic mass is 9.98. The second kappa shape index (κ2) is 3.61. The van der Waals surface area contributed by atoms with E-state index in [1.807, 2.05) is 18.4 Å². The lowest BCUT2D eigenvalue weighted by Gasteiger charge is -2.21. The van der Waals surface area contributed by atoms with Crippen LogP contribution in [0.5, 0.6) is 11.5 Å². The monoisotopic (exact) mass is 226 g/mol. The van der Waals surface area contributed by atoms with Gasteiger partial charge in [-0.1, -0.05) is 6.07 Å². The van der Waals surface area contributed by atoms with Crippen molar-refractivity contribution >= 4 is 11.8 Å². The van der Waals surface area contributed by atoms with Crippen LogP contribution in [0.3, 0.4) is 0 Å². The summed E-state index contributed by atoms with van der Waals surface area (Å²) in [6.07, 6.45) is 1.96. The molecule has 4 heteroatoms. The number of hydrogen-bond acceptors (Lipinski definition) is 4. The molecule has 82 valence electrons. The van der Waals surface area contributed by atoms with Gasteiger partial charge in [-0.25, -0.2) is 0 Å². The van der Waals surface area contributed by atoms with Crippen LogP contribution in [0.15, 0.2) is 17.0 Å². The van der Waals surface area contributed by atoms with Crippen molar-refractivity contribution in [3.05, 3.63) is 17.7 Å². The Morgan fingerprint density at radius 2 is 2.07 bits per heavy atom. The maximum Gasteiger partial charge on any atom is 0.231 e. The lowest BCUT2D eigenvalue weighted by molar-refractivity contribution is 0.0752. The van der Waals surface area contributed by atoms with Crippen molar-refractivity contribution < 1.29 is 14.6 Å². The first-order valence-electron chi connectivity index (χ1n) is 4.73. The average molecular weight is 226 g/mol. The Bertz CT molecular complexity index is 382. The molecule has 1 aromatic rings. The van der Waals surface area contributed by atoms with E-state index < -0.39 is 5.60 Å². The zero-order chi connectivity index (χ0) is 11.1. The molecule has 0 amide bonds. The Kier molecular flexibility index (Phi) is 2.56. The molecule has 0 aromatic heterocycles. The van der Waals surface area contributed by atoms with Gasteiger partial charge in [-0.3, -0.25) is 0 Å². The number of rotatable bonds is 2. The van der Waals surface area contributed by atoms with Crippen molar-refractivity contribution in [2.75, 3.05) is 13.0 Å². The maximum atomic E-state index is 10.0. The molecule has 0 aliphatic carbocycles. The van der Waals surface area contributed by atoms with Crippen LogP contribution in [0.2, 0.25) is 0 Å². The molecule has 0 bridgehead atoms. The van der Waals surface area contributed by atoms with Gasteiger partial charge in [0.05, 0.1) is 10.5 Å². The number of hydrogen-bond donors (Lipinski definition) is 1. The third kappa shape index (κ3) is 1.79. The van der Waals surface area contributed by atoms with E-state index in [0.717, 1.165) is 22.0 Å². The molecule has 0 unspecified atom stereocenters. The van der Waals surface area contributed by atoms with Crippen molar-refractivity contribution in [2.24, 2.45) is 0 Å². The number of thioether (sulfide) groups is 1. The summed E-state index contributed by atoms with van der Waals surface area (Å²) in [5.41, 5.74) is 0.0125. The zero-order valence-corrected chi connectivity index (χ0v) is 9.85. The molecule has 1 aromatic carbocycles. The maximum absolute atomic E-state index is 10.0. The topological polar surface area (TPSA) is 38.7 Å². The molecule has 0 fully saturated rings. The highest BCUT2D eigenvalue weighted by molar-refractivity contribution is 7.98. The highest BCUT2D eigenvalue weighted by atomic mass is 32.2. The van der Waals surface area contributed by atoms with Gasteiger partial charge in [-0.15, -0.1) is 11.8 Å². The third-order valence-corrected chi connectivity index (χ3v) is 3.17. The smallest absolute Gasteiger partial charge is 0.231 e. The normalized spacial score (nSPS) is 14.4. The summed E-state index contributed by atoms with van der Waals surface area (Å²) in [7, 11) is 0. The standard InChI is InChI=1S/C11H14O3S/c1-11(2,12)7-4-5-8-9(10(7)15-3)14-6-13-8/h4-5,12H,6H2,1-3H3. The van der Waals surface area contributed by atoms with Gasteiger partial charge in [0.2, 0.25) is 6.79 Å². The second-order valence-electron chi connectivity index (χ2n) is 3.94. The van der Waals surface area contributed by atoms with Crippen LogP contribution in [0, 0.1) is 0 Å². The summed E-state index contributed by atoms with van der Waals surface area (Å²) in [6.45, 7) is 3.80. The van der Waals surface area contributed by atoms with Gasteiger partial charge < -0.3 is 14.6 Å². The fourth-order valence-corrected chi connectivity index (χ4v) is 2.51. The molecule has 1 N–H and O–H groups in total. The van der Waals surface area contributed by atoms with E-state index in [4.69, 9.17) is 9.47 Å². The zero-order valence-electron chi connectivity index (χ0n) is 9.03. The van der Waals surface area contributed by atoms with Crippen LogP contribution in [-0.2, 0) is 5.60 Å². The van der Waals surface area contributed by atoms with Gasteiger partial charge >= 0.3 is 0 Å². The van der Waals surface area contributed by atoms with E-state index in [2.05, 4.69) is 0 Å². The first kappa shape index (κ1) is 10.6. The highest BCUT2D eigenvalue weighted by Crippen LogP contribution is 2.45. The number of ether oxygens (including phenoxy) is 2.